The Labute approximate surface area is 283 Å². The summed E-state index contributed by atoms with van der Waals surface area (Å²) in [5.41, 5.74) is 1.53. The number of amides is 4. The molecule has 1 saturated heterocycles. The van der Waals surface area contributed by atoms with Crippen molar-refractivity contribution < 1.29 is 33.5 Å². The summed E-state index contributed by atoms with van der Waals surface area (Å²) in [5.74, 6) is -0.853. The van der Waals surface area contributed by atoms with Crippen molar-refractivity contribution in [1.82, 2.24) is 5.32 Å². The molecule has 0 radical (unpaired) electrons. The van der Waals surface area contributed by atoms with Gasteiger partial charge in [-0.05, 0) is 84.8 Å². The van der Waals surface area contributed by atoms with E-state index in [9.17, 15) is 24.5 Å². The van der Waals surface area contributed by atoms with E-state index in [1.807, 2.05) is 0 Å². The highest BCUT2D eigenvalue weighted by molar-refractivity contribution is 6.39. The molecule has 1 aliphatic heterocycles. The molecule has 14 heteroatoms. The van der Waals surface area contributed by atoms with Crippen LogP contribution in [0.5, 0.6) is 17.2 Å². The summed E-state index contributed by atoms with van der Waals surface area (Å²) in [5, 5.41) is 14.2. The van der Waals surface area contributed by atoms with Gasteiger partial charge in [-0.1, -0.05) is 40.9 Å². The van der Waals surface area contributed by atoms with Crippen LogP contribution >= 0.6 is 34.8 Å². The highest BCUT2D eigenvalue weighted by Gasteiger charge is 2.37. The Bertz CT molecular complexity index is 1900. The van der Waals surface area contributed by atoms with Crippen LogP contribution in [-0.2, 0) is 22.8 Å². The van der Waals surface area contributed by atoms with Gasteiger partial charge < -0.3 is 14.2 Å². The second-order valence-electron chi connectivity index (χ2n) is 9.95. The van der Waals surface area contributed by atoms with Crippen LogP contribution in [0.4, 0.5) is 16.2 Å². The minimum absolute atomic E-state index is 0.0366. The van der Waals surface area contributed by atoms with Crippen LogP contribution in [-0.4, -0.2) is 29.4 Å². The van der Waals surface area contributed by atoms with Gasteiger partial charge in [0.1, 0.15) is 24.5 Å². The molecule has 0 atom stereocenters. The largest absolute Gasteiger partial charge is 0.490 e. The maximum atomic E-state index is 13.5. The SMILES string of the molecule is CCOc1cc(/C=C2\C(=O)NC(=O)N(c3ccc(OCc4ccc(Cl)cc4Cl)cc3)C2=O)cc(Cl)c1OCc1ccc([N+](=O)[O-])cc1. The van der Waals surface area contributed by atoms with Crippen LogP contribution in [0, 0.1) is 10.1 Å². The van der Waals surface area contributed by atoms with Gasteiger partial charge >= 0.3 is 6.03 Å². The van der Waals surface area contributed by atoms with E-state index < -0.39 is 22.8 Å². The molecule has 0 unspecified atom stereocenters. The first-order chi connectivity index (χ1) is 22.5. The van der Waals surface area contributed by atoms with Crippen molar-refractivity contribution in [2.24, 2.45) is 0 Å². The van der Waals surface area contributed by atoms with Crippen LogP contribution in [0.3, 0.4) is 0 Å². The first-order valence-corrected chi connectivity index (χ1v) is 15.1. The quantitative estimate of drug-likeness (QED) is 0.0727. The molecule has 5 rings (SSSR count). The molecule has 0 aromatic heterocycles. The molecule has 4 aromatic carbocycles. The number of benzene rings is 4. The monoisotopic (exact) mass is 695 g/mol. The van der Waals surface area contributed by atoms with Crippen LogP contribution in [0.2, 0.25) is 15.1 Å². The number of hydrogen-bond acceptors (Lipinski definition) is 8. The maximum absolute atomic E-state index is 13.5. The molecule has 0 bridgehead atoms. The zero-order chi connectivity index (χ0) is 33.7. The van der Waals surface area contributed by atoms with Gasteiger partial charge in [0, 0.05) is 27.7 Å². The lowest BCUT2D eigenvalue weighted by atomic mass is 10.1. The fourth-order valence-corrected chi connectivity index (χ4v) is 5.23. The Morgan fingerprint density at radius 3 is 2.23 bits per heavy atom. The van der Waals surface area contributed by atoms with Crippen LogP contribution < -0.4 is 24.4 Å². The summed E-state index contributed by atoms with van der Waals surface area (Å²) >= 11 is 18.7. The molecule has 4 amide bonds. The number of non-ortho nitro benzene ring substituents is 1. The third-order valence-electron chi connectivity index (χ3n) is 6.78. The molecule has 1 N–H and O–H groups in total. The molecule has 0 spiro atoms. The third kappa shape index (κ3) is 7.83. The van der Waals surface area contributed by atoms with Gasteiger partial charge in [0.25, 0.3) is 17.5 Å². The standard InChI is InChI=1S/C33H24Cl3N3O8/c1-2-45-29-15-20(14-28(36)30(29)47-17-19-3-7-24(8-4-19)39(43)44)13-26-31(40)37-33(42)38(32(26)41)23-9-11-25(12-10-23)46-18-21-5-6-22(34)16-27(21)35/h3-16H,2,17-18H2,1H3,(H,37,40,42)/b26-13+. The Morgan fingerprint density at radius 2 is 1.57 bits per heavy atom. The van der Waals surface area contributed by atoms with E-state index in [1.54, 1.807) is 49.4 Å². The average molecular weight is 697 g/mol. The number of barbiturate groups is 1. The van der Waals surface area contributed by atoms with Crippen molar-refractivity contribution in [2.45, 2.75) is 20.1 Å². The number of nitrogens with zero attached hydrogens (tertiary/aromatic N) is 2. The lowest BCUT2D eigenvalue weighted by Gasteiger charge is -2.26. The van der Waals surface area contributed by atoms with Gasteiger partial charge in [-0.25, -0.2) is 9.69 Å². The summed E-state index contributed by atoms with van der Waals surface area (Å²) in [6, 6.07) is 19.1. The highest BCUT2D eigenvalue weighted by atomic mass is 35.5. The Hall–Kier alpha value is -5.10. The van der Waals surface area contributed by atoms with Crippen molar-refractivity contribution in [3.05, 3.63) is 126 Å². The number of halogens is 3. The van der Waals surface area contributed by atoms with Gasteiger partial charge in [0.2, 0.25) is 0 Å². The summed E-state index contributed by atoms with van der Waals surface area (Å²) < 4.78 is 17.4. The molecule has 4 aromatic rings. The molecule has 11 nitrogen and oxygen atoms in total. The van der Waals surface area contributed by atoms with Crippen molar-refractivity contribution in [1.29, 1.82) is 0 Å². The van der Waals surface area contributed by atoms with Gasteiger partial charge in [-0.15, -0.1) is 0 Å². The Balaban J connectivity index is 1.34. The molecule has 1 heterocycles. The second kappa shape index (κ2) is 14.5. The zero-order valence-corrected chi connectivity index (χ0v) is 26.8. The number of hydrogen-bond donors (Lipinski definition) is 1. The molecule has 0 saturated carbocycles. The normalized spacial score (nSPS) is 13.8. The summed E-state index contributed by atoms with van der Waals surface area (Å²) in [4.78, 5) is 50.3. The molecule has 240 valence electrons. The molecule has 1 fully saturated rings. The average Bonchev–Trinajstić information content (AvgIpc) is 3.03. The van der Waals surface area contributed by atoms with Crippen molar-refractivity contribution in [3.63, 3.8) is 0 Å². The van der Waals surface area contributed by atoms with E-state index in [4.69, 9.17) is 49.0 Å². The van der Waals surface area contributed by atoms with E-state index in [0.717, 1.165) is 10.5 Å². The van der Waals surface area contributed by atoms with E-state index in [0.29, 0.717) is 26.9 Å². The number of imide groups is 2. The minimum Gasteiger partial charge on any atom is -0.490 e. The van der Waals surface area contributed by atoms with Gasteiger partial charge in [0.15, 0.2) is 11.5 Å². The first kappa shape index (κ1) is 33.3. The van der Waals surface area contributed by atoms with Gasteiger partial charge in [-0.3, -0.25) is 25.0 Å². The number of nitrogens with one attached hydrogen (secondary N) is 1. The molecule has 0 aliphatic carbocycles. The van der Waals surface area contributed by atoms with Crippen molar-refractivity contribution in [2.75, 3.05) is 11.5 Å². The Morgan fingerprint density at radius 1 is 0.851 bits per heavy atom. The molecule has 1 aliphatic rings. The number of nitro benzene ring substituents is 1. The van der Waals surface area contributed by atoms with E-state index in [2.05, 4.69) is 5.32 Å². The summed E-state index contributed by atoms with van der Waals surface area (Å²) in [7, 11) is 0. The van der Waals surface area contributed by atoms with Crippen molar-refractivity contribution >= 4 is 70.1 Å². The molecular formula is C33H24Cl3N3O8. The maximum Gasteiger partial charge on any atom is 0.335 e. The number of rotatable bonds is 11. The second-order valence-corrected chi connectivity index (χ2v) is 11.2. The van der Waals surface area contributed by atoms with Gasteiger partial charge in [-0.2, -0.15) is 0 Å². The summed E-state index contributed by atoms with van der Waals surface area (Å²) in [6.07, 6.45) is 1.29. The lowest BCUT2D eigenvalue weighted by molar-refractivity contribution is -0.384. The van der Waals surface area contributed by atoms with Crippen LogP contribution in [0.15, 0.2) is 84.4 Å². The number of carbonyl (C=O) groups is 3. The van der Waals surface area contributed by atoms with Crippen LogP contribution in [0.1, 0.15) is 23.6 Å². The Kier molecular flexibility index (Phi) is 10.3. The van der Waals surface area contributed by atoms with E-state index in [-0.39, 0.29) is 53.3 Å². The van der Waals surface area contributed by atoms with Gasteiger partial charge in [0.05, 0.1) is 22.2 Å². The van der Waals surface area contributed by atoms with Crippen LogP contribution in [0.25, 0.3) is 6.08 Å². The first-order valence-electron chi connectivity index (χ1n) is 13.9. The predicted octanol–water partition coefficient (Wildman–Crippen LogP) is 7.78. The highest BCUT2D eigenvalue weighted by Crippen LogP contribution is 2.38. The molecular weight excluding hydrogens is 673 g/mol. The predicted molar refractivity (Wildman–Crippen MR) is 176 cm³/mol. The fourth-order valence-electron chi connectivity index (χ4n) is 4.49. The van der Waals surface area contributed by atoms with E-state index in [1.165, 1.54) is 42.5 Å². The molecule has 47 heavy (non-hydrogen) atoms. The number of ether oxygens (including phenoxy) is 3. The number of nitro groups is 1. The van der Waals surface area contributed by atoms with Crippen molar-refractivity contribution in [3.8, 4) is 17.2 Å². The topological polar surface area (TPSA) is 137 Å². The smallest absolute Gasteiger partial charge is 0.335 e. The number of carbonyl (C=O) groups excluding carboxylic acids is 3. The minimum atomic E-state index is -0.915. The number of urea groups is 1. The zero-order valence-electron chi connectivity index (χ0n) is 24.5. The number of anilines is 1. The summed E-state index contributed by atoms with van der Waals surface area (Å²) in [6.45, 7) is 2.20. The van der Waals surface area contributed by atoms with E-state index >= 15 is 0 Å². The fraction of sp³-hybridized carbons (Fsp3) is 0.121. The lowest BCUT2D eigenvalue weighted by Crippen LogP contribution is -2.54. The third-order valence-corrected chi connectivity index (χ3v) is 7.65.